The lowest BCUT2D eigenvalue weighted by Gasteiger charge is -2.05. The van der Waals surface area contributed by atoms with Gasteiger partial charge in [0, 0.05) is 0 Å². The molecule has 63 valence electrons. The molecule has 0 aliphatic rings. The van der Waals surface area contributed by atoms with Crippen LogP contribution in [0.1, 0.15) is 17.3 Å². The molecule has 0 unspecified atom stereocenters. The summed E-state index contributed by atoms with van der Waals surface area (Å²) < 4.78 is 5.07. The molecule has 2 N–H and O–H groups in total. The standard InChI is InChI=1S/C9H10NO2/c1-2-12-8-6-4-3-5-7(8)9(10)11/h2-6H,1H3,(H2,10,11). The van der Waals surface area contributed by atoms with Gasteiger partial charge in [-0.25, -0.2) is 0 Å². The fourth-order valence-corrected chi connectivity index (χ4v) is 0.900. The molecule has 1 aromatic carbocycles. The first-order valence-corrected chi connectivity index (χ1v) is 3.59. The molecule has 0 aliphatic heterocycles. The molecule has 0 aliphatic carbocycles. The van der Waals surface area contributed by atoms with Crippen molar-refractivity contribution in [3.8, 4) is 5.75 Å². The summed E-state index contributed by atoms with van der Waals surface area (Å²) >= 11 is 0. The SMILES string of the molecule is C[CH]Oc1ccccc1C(N)=O. The molecule has 0 spiro atoms. The molecule has 12 heavy (non-hydrogen) atoms. The Morgan fingerprint density at radius 3 is 2.75 bits per heavy atom. The highest BCUT2D eigenvalue weighted by molar-refractivity contribution is 5.95. The van der Waals surface area contributed by atoms with E-state index < -0.39 is 5.91 Å². The van der Waals surface area contributed by atoms with Crippen molar-refractivity contribution in [2.75, 3.05) is 0 Å². The van der Waals surface area contributed by atoms with Crippen LogP contribution in [-0.2, 0) is 0 Å². The highest BCUT2D eigenvalue weighted by Gasteiger charge is 2.06. The Morgan fingerprint density at radius 1 is 1.50 bits per heavy atom. The average Bonchev–Trinajstić information content (AvgIpc) is 2.05. The molecular formula is C9H10NO2. The first-order valence-electron chi connectivity index (χ1n) is 3.59. The second kappa shape index (κ2) is 3.76. The van der Waals surface area contributed by atoms with Crippen molar-refractivity contribution >= 4 is 5.91 Å². The molecule has 1 rings (SSSR count). The molecule has 0 saturated heterocycles. The van der Waals surface area contributed by atoms with Gasteiger partial charge in [-0.2, -0.15) is 0 Å². The van der Waals surface area contributed by atoms with Crippen LogP contribution in [0.3, 0.4) is 0 Å². The van der Waals surface area contributed by atoms with Crippen molar-refractivity contribution in [3.63, 3.8) is 0 Å². The Hall–Kier alpha value is -1.51. The van der Waals surface area contributed by atoms with E-state index in [1.807, 2.05) is 0 Å². The Bertz CT molecular complexity index is 284. The minimum Gasteiger partial charge on any atom is -0.486 e. The summed E-state index contributed by atoms with van der Waals surface area (Å²) in [6.45, 7) is 3.24. The molecule has 0 bridgehead atoms. The average molecular weight is 164 g/mol. The fourth-order valence-electron chi connectivity index (χ4n) is 0.900. The van der Waals surface area contributed by atoms with E-state index in [2.05, 4.69) is 0 Å². The van der Waals surface area contributed by atoms with E-state index in [0.717, 1.165) is 0 Å². The molecule has 3 nitrogen and oxygen atoms in total. The van der Waals surface area contributed by atoms with E-state index in [-0.39, 0.29) is 0 Å². The number of primary amides is 1. The largest absolute Gasteiger partial charge is 0.486 e. The third-order valence-corrected chi connectivity index (χ3v) is 1.40. The van der Waals surface area contributed by atoms with E-state index in [1.54, 1.807) is 31.2 Å². The highest BCUT2D eigenvalue weighted by Crippen LogP contribution is 2.17. The van der Waals surface area contributed by atoms with Crippen LogP contribution < -0.4 is 10.5 Å². The second-order valence-electron chi connectivity index (χ2n) is 2.21. The van der Waals surface area contributed by atoms with Gasteiger partial charge in [0.15, 0.2) is 0 Å². The topological polar surface area (TPSA) is 52.3 Å². The maximum Gasteiger partial charge on any atom is 0.252 e. The maximum absolute atomic E-state index is 10.8. The van der Waals surface area contributed by atoms with E-state index >= 15 is 0 Å². The molecule has 1 amide bonds. The van der Waals surface area contributed by atoms with Crippen molar-refractivity contribution in [1.29, 1.82) is 0 Å². The minimum atomic E-state index is -0.479. The van der Waals surface area contributed by atoms with E-state index in [4.69, 9.17) is 10.5 Å². The van der Waals surface area contributed by atoms with Crippen LogP contribution in [0.2, 0.25) is 0 Å². The summed E-state index contributed by atoms with van der Waals surface area (Å²) in [4.78, 5) is 10.8. The monoisotopic (exact) mass is 164 g/mol. The third-order valence-electron chi connectivity index (χ3n) is 1.40. The van der Waals surface area contributed by atoms with E-state index in [0.29, 0.717) is 11.3 Å². The summed E-state index contributed by atoms with van der Waals surface area (Å²) in [6, 6.07) is 6.84. The first kappa shape index (κ1) is 8.59. The minimum absolute atomic E-state index is 0.399. The molecule has 0 saturated carbocycles. The predicted molar refractivity (Wildman–Crippen MR) is 45.6 cm³/mol. The smallest absolute Gasteiger partial charge is 0.252 e. The highest BCUT2D eigenvalue weighted by atomic mass is 16.5. The number of ether oxygens (including phenoxy) is 1. The van der Waals surface area contributed by atoms with Gasteiger partial charge >= 0.3 is 0 Å². The molecule has 1 aromatic rings. The molecular weight excluding hydrogens is 154 g/mol. The van der Waals surface area contributed by atoms with Crippen molar-refractivity contribution in [2.45, 2.75) is 6.92 Å². The van der Waals surface area contributed by atoms with Gasteiger partial charge in [0.1, 0.15) is 12.4 Å². The van der Waals surface area contributed by atoms with Gasteiger partial charge in [-0.05, 0) is 19.1 Å². The van der Waals surface area contributed by atoms with E-state index in [9.17, 15) is 4.79 Å². The van der Waals surface area contributed by atoms with Crippen LogP contribution in [0.5, 0.6) is 5.75 Å². The molecule has 3 heteroatoms. The predicted octanol–water partition coefficient (Wildman–Crippen LogP) is 1.35. The fraction of sp³-hybridized carbons (Fsp3) is 0.111. The van der Waals surface area contributed by atoms with Crippen LogP contribution in [0.25, 0.3) is 0 Å². The van der Waals surface area contributed by atoms with Crippen molar-refractivity contribution in [3.05, 3.63) is 36.4 Å². The Kier molecular flexibility index (Phi) is 2.69. The van der Waals surface area contributed by atoms with Crippen LogP contribution in [0.15, 0.2) is 24.3 Å². The summed E-state index contributed by atoms with van der Waals surface area (Å²) in [6.07, 6.45) is 0. The Morgan fingerprint density at radius 2 is 2.17 bits per heavy atom. The number of para-hydroxylation sites is 1. The number of hydrogen-bond acceptors (Lipinski definition) is 2. The lowest BCUT2D eigenvalue weighted by atomic mass is 10.2. The van der Waals surface area contributed by atoms with Crippen molar-refractivity contribution in [1.82, 2.24) is 0 Å². The summed E-state index contributed by atoms with van der Waals surface area (Å²) in [5, 5.41) is 0. The third kappa shape index (κ3) is 1.75. The van der Waals surface area contributed by atoms with Crippen LogP contribution in [-0.4, -0.2) is 5.91 Å². The summed E-state index contributed by atoms with van der Waals surface area (Å²) in [7, 11) is 0. The molecule has 1 radical (unpaired) electrons. The van der Waals surface area contributed by atoms with Crippen molar-refractivity contribution < 1.29 is 9.53 Å². The number of amides is 1. The molecule has 0 atom stereocenters. The quantitative estimate of drug-likeness (QED) is 0.733. The zero-order chi connectivity index (χ0) is 8.97. The van der Waals surface area contributed by atoms with E-state index in [1.165, 1.54) is 6.61 Å². The first-order chi connectivity index (χ1) is 5.75. The normalized spacial score (nSPS) is 9.42. The molecule has 0 aromatic heterocycles. The number of carbonyl (C=O) groups excluding carboxylic acids is 1. The van der Waals surface area contributed by atoms with Gasteiger partial charge in [-0.1, -0.05) is 12.1 Å². The number of rotatable bonds is 3. The van der Waals surface area contributed by atoms with Gasteiger partial charge in [0.2, 0.25) is 0 Å². The van der Waals surface area contributed by atoms with Crippen molar-refractivity contribution in [2.24, 2.45) is 5.73 Å². The zero-order valence-corrected chi connectivity index (χ0v) is 6.78. The van der Waals surface area contributed by atoms with Crippen LogP contribution in [0.4, 0.5) is 0 Å². The van der Waals surface area contributed by atoms with Gasteiger partial charge in [-0.15, -0.1) is 0 Å². The number of benzene rings is 1. The second-order valence-corrected chi connectivity index (χ2v) is 2.21. The van der Waals surface area contributed by atoms with Gasteiger partial charge in [0.05, 0.1) is 5.56 Å². The number of nitrogens with two attached hydrogens (primary N) is 1. The van der Waals surface area contributed by atoms with Gasteiger partial charge < -0.3 is 10.5 Å². The molecule has 0 heterocycles. The van der Waals surface area contributed by atoms with Gasteiger partial charge in [-0.3, -0.25) is 4.79 Å². The maximum atomic E-state index is 10.8. The van der Waals surface area contributed by atoms with Crippen LogP contribution >= 0.6 is 0 Å². The van der Waals surface area contributed by atoms with Crippen LogP contribution in [0, 0.1) is 6.61 Å². The van der Waals surface area contributed by atoms with Gasteiger partial charge in [0.25, 0.3) is 5.91 Å². The lowest BCUT2D eigenvalue weighted by Crippen LogP contribution is -2.12. The Balaban J connectivity index is 3.00. The molecule has 0 fully saturated rings. The number of carbonyl (C=O) groups is 1. The summed E-state index contributed by atoms with van der Waals surface area (Å²) in [5.74, 6) is 0.0138. The summed E-state index contributed by atoms with van der Waals surface area (Å²) in [5.41, 5.74) is 5.51. The zero-order valence-electron chi connectivity index (χ0n) is 6.78. The number of hydrogen-bond donors (Lipinski definition) is 1. The Labute approximate surface area is 71.1 Å². The lowest BCUT2D eigenvalue weighted by molar-refractivity contribution is 0.0997.